The Hall–Kier alpha value is -0.340. The lowest BCUT2D eigenvalue weighted by atomic mass is 10.2. The third-order valence-electron chi connectivity index (χ3n) is 2.29. The Morgan fingerprint density at radius 2 is 2.38 bits per heavy atom. The lowest BCUT2D eigenvalue weighted by molar-refractivity contribution is 0.0308. The summed E-state index contributed by atoms with van der Waals surface area (Å²) in [7, 11) is 0. The monoisotopic (exact) mass is 183 g/mol. The van der Waals surface area contributed by atoms with Crippen molar-refractivity contribution in [2.24, 2.45) is 0 Å². The summed E-state index contributed by atoms with van der Waals surface area (Å²) in [6.07, 6.45) is 9.82. The summed E-state index contributed by atoms with van der Waals surface area (Å²) in [5, 5.41) is 3.33. The van der Waals surface area contributed by atoms with E-state index in [4.69, 9.17) is 4.74 Å². The van der Waals surface area contributed by atoms with Crippen LogP contribution in [-0.2, 0) is 4.74 Å². The van der Waals surface area contributed by atoms with E-state index >= 15 is 0 Å². The van der Waals surface area contributed by atoms with E-state index in [0.717, 1.165) is 26.1 Å². The van der Waals surface area contributed by atoms with E-state index < -0.39 is 0 Å². The second-order valence-corrected chi connectivity index (χ2v) is 3.55. The number of rotatable bonds is 5. The van der Waals surface area contributed by atoms with Crippen LogP contribution in [0.15, 0.2) is 12.2 Å². The first-order valence-electron chi connectivity index (χ1n) is 5.40. The molecule has 1 aliphatic heterocycles. The van der Waals surface area contributed by atoms with E-state index in [9.17, 15) is 0 Å². The predicted octanol–water partition coefficient (Wildman–Crippen LogP) is 2.11. The molecule has 1 unspecified atom stereocenters. The molecule has 1 aliphatic rings. The summed E-state index contributed by atoms with van der Waals surface area (Å²) in [4.78, 5) is 0. The maximum atomic E-state index is 5.57. The van der Waals surface area contributed by atoms with Gasteiger partial charge in [-0.3, -0.25) is 0 Å². The van der Waals surface area contributed by atoms with Gasteiger partial charge in [0.25, 0.3) is 0 Å². The fourth-order valence-corrected chi connectivity index (χ4v) is 1.46. The molecule has 2 nitrogen and oxygen atoms in total. The number of hydrogen-bond donors (Lipinski definition) is 1. The molecule has 0 radical (unpaired) electrons. The molecule has 1 atom stereocenters. The third kappa shape index (κ3) is 5.06. The van der Waals surface area contributed by atoms with Crippen molar-refractivity contribution in [3.8, 4) is 0 Å². The van der Waals surface area contributed by atoms with E-state index in [-0.39, 0.29) is 0 Å². The first-order valence-corrected chi connectivity index (χ1v) is 5.40. The lowest BCUT2D eigenvalue weighted by Crippen LogP contribution is -2.38. The van der Waals surface area contributed by atoms with Gasteiger partial charge < -0.3 is 10.1 Å². The molecule has 0 spiro atoms. The van der Waals surface area contributed by atoms with Crippen LogP contribution in [0.2, 0.25) is 0 Å². The van der Waals surface area contributed by atoms with Crippen LogP contribution in [0.25, 0.3) is 0 Å². The van der Waals surface area contributed by atoms with Crippen molar-refractivity contribution in [3.05, 3.63) is 12.2 Å². The molecule has 0 aromatic heterocycles. The second-order valence-electron chi connectivity index (χ2n) is 3.55. The van der Waals surface area contributed by atoms with Crippen molar-refractivity contribution in [3.63, 3.8) is 0 Å². The third-order valence-corrected chi connectivity index (χ3v) is 2.29. The highest BCUT2D eigenvalue weighted by Crippen LogP contribution is 2.03. The molecule has 0 amide bonds. The molecule has 1 rings (SSSR count). The minimum absolute atomic E-state index is 0.409. The number of unbranched alkanes of at least 4 members (excludes halogenated alkanes) is 2. The Morgan fingerprint density at radius 1 is 1.46 bits per heavy atom. The van der Waals surface area contributed by atoms with Crippen LogP contribution >= 0.6 is 0 Å². The van der Waals surface area contributed by atoms with E-state index in [1.54, 1.807) is 0 Å². The summed E-state index contributed by atoms with van der Waals surface area (Å²) in [5.74, 6) is 0. The van der Waals surface area contributed by atoms with Gasteiger partial charge in [0.05, 0.1) is 12.7 Å². The number of morpholine rings is 1. The largest absolute Gasteiger partial charge is 0.375 e. The van der Waals surface area contributed by atoms with Crippen LogP contribution in [0, 0.1) is 0 Å². The Morgan fingerprint density at radius 3 is 3.08 bits per heavy atom. The van der Waals surface area contributed by atoms with E-state index in [1.807, 2.05) is 0 Å². The van der Waals surface area contributed by atoms with Crippen molar-refractivity contribution in [1.29, 1.82) is 0 Å². The summed E-state index contributed by atoms with van der Waals surface area (Å²) in [6.45, 7) is 5.11. The molecule has 2 heteroatoms. The molecule has 0 aromatic carbocycles. The summed E-state index contributed by atoms with van der Waals surface area (Å²) < 4.78 is 5.57. The van der Waals surface area contributed by atoms with E-state index in [2.05, 4.69) is 24.4 Å². The molecular weight excluding hydrogens is 162 g/mol. The minimum Gasteiger partial charge on any atom is -0.375 e. The number of nitrogens with one attached hydrogen (secondary N) is 1. The molecule has 0 saturated carbocycles. The summed E-state index contributed by atoms with van der Waals surface area (Å²) >= 11 is 0. The normalized spacial score (nSPS) is 23.9. The highest BCUT2D eigenvalue weighted by Gasteiger charge is 2.10. The number of allylic oxidation sites excluding steroid dienone is 1. The first-order chi connectivity index (χ1) is 6.43. The van der Waals surface area contributed by atoms with Gasteiger partial charge in [-0.1, -0.05) is 31.9 Å². The Labute approximate surface area is 81.4 Å². The van der Waals surface area contributed by atoms with Gasteiger partial charge in [0.15, 0.2) is 0 Å². The first kappa shape index (κ1) is 10.7. The maximum absolute atomic E-state index is 5.57. The molecule has 13 heavy (non-hydrogen) atoms. The van der Waals surface area contributed by atoms with Crippen LogP contribution in [0.3, 0.4) is 0 Å². The zero-order valence-electron chi connectivity index (χ0n) is 8.59. The zero-order valence-corrected chi connectivity index (χ0v) is 8.59. The van der Waals surface area contributed by atoms with Crippen molar-refractivity contribution in [2.45, 2.75) is 38.7 Å². The fourth-order valence-electron chi connectivity index (χ4n) is 1.46. The van der Waals surface area contributed by atoms with Gasteiger partial charge in [-0.15, -0.1) is 0 Å². The van der Waals surface area contributed by atoms with E-state index in [0.29, 0.717) is 6.10 Å². The molecule has 1 N–H and O–H groups in total. The quantitative estimate of drug-likeness (QED) is 0.520. The zero-order chi connectivity index (χ0) is 9.36. The van der Waals surface area contributed by atoms with Gasteiger partial charge in [0.1, 0.15) is 0 Å². The van der Waals surface area contributed by atoms with Crippen LogP contribution in [0.5, 0.6) is 0 Å². The smallest absolute Gasteiger partial charge is 0.0734 e. The average molecular weight is 183 g/mol. The molecule has 76 valence electrons. The van der Waals surface area contributed by atoms with Crippen molar-refractivity contribution in [2.75, 3.05) is 19.7 Å². The molecule has 0 aromatic rings. The van der Waals surface area contributed by atoms with Crippen molar-refractivity contribution >= 4 is 0 Å². The topological polar surface area (TPSA) is 21.3 Å². The van der Waals surface area contributed by atoms with Gasteiger partial charge in [0.2, 0.25) is 0 Å². The Bertz CT molecular complexity index is 139. The maximum Gasteiger partial charge on any atom is 0.0734 e. The van der Waals surface area contributed by atoms with Crippen LogP contribution in [0.1, 0.15) is 32.6 Å². The standard InChI is InChI=1S/C11H21NO/c1-2-3-4-5-6-7-11-10-12-8-9-13-11/h5-6,11-12H,2-4,7-10H2,1H3. The molecule has 1 fully saturated rings. The average Bonchev–Trinajstić information content (AvgIpc) is 2.19. The predicted molar refractivity (Wildman–Crippen MR) is 55.9 cm³/mol. The molecule has 0 bridgehead atoms. The molecule has 1 saturated heterocycles. The van der Waals surface area contributed by atoms with Crippen LogP contribution in [-0.4, -0.2) is 25.8 Å². The van der Waals surface area contributed by atoms with Gasteiger partial charge >= 0.3 is 0 Å². The number of ether oxygens (including phenoxy) is 1. The van der Waals surface area contributed by atoms with Crippen molar-refractivity contribution in [1.82, 2.24) is 5.32 Å². The highest BCUT2D eigenvalue weighted by atomic mass is 16.5. The summed E-state index contributed by atoms with van der Waals surface area (Å²) in [6, 6.07) is 0. The van der Waals surface area contributed by atoms with E-state index in [1.165, 1.54) is 19.3 Å². The van der Waals surface area contributed by atoms with Gasteiger partial charge in [-0.25, -0.2) is 0 Å². The fraction of sp³-hybridized carbons (Fsp3) is 0.818. The Balaban J connectivity index is 2.00. The second kappa shape index (κ2) is 7.10. The van der Waals surface area contributed by atoms with Gasteiger partial charge in [-0.05, 0) is 12.8 Å². The van der Waals surface area contributed by atoms with Gasteiger partial charge in [-0.2, -0.15) is 0 Å². The number of hydrogen-bond acceptors (Lipinski definition) is 2. The molecule has 0 aliphatic carbocycles. The van der Waals surface area contributed by atoms with Crippen molar-refractivity contribution < 1.29 is 4.74 Å². The molecular formula is C11H21NO. The lowest BCUT2D eigenvalue weighted by Gasteiger charge is -2.22. The molecule has 1 heterocycles. The summed E-state index contributed by atoms with van der Waals surface area (Å²) in [5.41, 5.74) is 0. The Kier molecular flexibility index (Phi) is 5.87. The van der Waals surface area contributed by atoms with Crippen LogP contribution < -0.4 is 5.32 Å². The van der Waals surface area contributed by atoms with Crippen LogP contribution in [0.4, 0.5) is 0 Å². The van der Waals surface area contributed by atoms with Gasteiger partial charge in [0, 0.05) is 13.1 Å². The minimum atomic E-state index is 0.409. The SMILES string of the molecule is CCCCC=CCC1CNCCO1. The highest BCUT2D eigenvalue weighted by molar-refractivity contribution is 4.85.